The summed E-state index contributed by atoms with van der Waals surface area (Å²) >= 11 is 0. The first-order chi connectivity index (χ1) is 7.02. The second-order valence-electron chi connectivity index (χ2n) is 2.29. The number of benzene rings is 1. The maximum atomic E-state index is 12.4. The molecule has 15 heavy (non-hydrogen) atoms. The maximum Gasteiger partial charge on any atom is 0.292 e. The van der Waals surface area contributed by atoms with E-state index < -0.39 is 10.7 Å². The summed E-state index contributed by atoms with van der Waals surface area (Å²) < 4.78 is 16.3. The predicted molar refractivity (Wildman–Crippen MR) is 50.5 cm³/mol. The van der Waals surface area contributed by atoms with E-state index >= 15 is 0 Å². The smallest absolute Gasteiger partial charge is 0.292 e. The van der Waals surface area contributed by atoms with Crippen molar-refractivity contribution < 1.29 is 18.8 Å². The second-order valence-corrected chi connectivity index (χ2v) is 2.29. The van der Waals surface area contributed by atoms with Crippen molar-refractivity contribution in [1.29, 1.82) is 0 Å². The molecule has 7 heteroatoms. The molecule has 82 valence electrons. The Morgan fingerprint density at radius 3 is 2.47 bits per heavy atom. The highest BCUT2D eigenvalue weighted by Gasteiger charge is 2.07. The SMILES string of the molecule is COC=O.Nc1cc([N+](=O)[O-])ccc1F. The molecular formula is C8H9FN2O4. The molecule has 0 atom stereocenters. The predicted octanol–water partition coefficient (Wildman–Crippen LogP) is 1.11. The third-order valence-electron chi connectivity index (χ3n) is 1.29. The van der Waals surface area contributed by atoms with E-state index in [2.05, 4.69) is 4.74 Å². The summed E-state index contributed by atoms with van der Waals surface area (Å²) in [4.78, 5) is 18.4. The average molecular weight is 216 g/mol. The van der Waals surface area contributed by atoms with Crippen LogP contribution >= 0.6 is 0 Å². The summed E-state index contributed by atoms with van der Waals surface area (Å²) in [7, 11) is 1.31. The van der Waals surface area contributed by atoms with Crippen molar-refractivity contribution in [2.45, 2.75) is 0 Å². The summed E-state index contributed by atoms with van der Waals surface area (Å²) in [6.07, 6.45) is 0. The van der Waals surface area contributed by atoms with Crippen molar-refractivity contribution in [2.75, 3.05) is 12.8 Å². The van der Waals surface area contributed by atoms with Gasteiger partial charge in [-0.25, -0.2) is 4.39 Å². The monoisotopic (exact) mass is 216 g/mol. The largest absolute Gasteiger partial charge is 0.471 e. The number of methoxy groups -OCH3 is 1. The standard InChI is InChI=1S/C6H5FN2O2.C2H4O2/c7-5-2-1-4(9(10)11)3-6(5)8;1-4-2-3/h1-3H,8H2;2H,1H3. The van der Waals surface area contributed by atoms with Crippen LogP contribution in [0.1, 0.15) is 0 Å². The van der Waals surface area contributed by atoms with Gasteiger partial charge in [0.1, 0.15) is 5.82 Å². The lowest BCUT2D eigenvalue weighted by Crippen LogP contribution is -1.93. The summed E-state index contributed by atoms with van der Waals surface area (Å²) in [5.74, 6) is -0.643. The van der Waals surface area contributed by atoms with Crippen LogP contribution in [-0.4, -0.2) is 18.5 Å². The molecule has 2 N–H and O–H groups in total. The first-order valence-corrected chi connectivity index (χ1v) is 3.68. The third-order valence-corrected chi connectivity index (χ3v) is 1.29. The summed E-state index contributed by atoms with van der Waals surface area (Å²) in [6.45, 7) is 0.375. The van der Waals surface area contributed by atoms with Gasteiger partial charge in [0, 0.05) is 12.1 Å². The molecule has 1 aromatic carbocycles. The zero-order valence-electron chi connectivity index (χ0n) is 7.84. The number of nitrogens with zero attached hydrogens (tertiary/aromatic N) is 1. The normalized spacial score (nSPS) is 8.40. The number of ether oxygens (including phenoxy) is 1. The lowest BCUT2D eigenvalue weighted by molar-refractivity contribution is -0.384. The number of nitro groups is 1. The maximum absolute atomic E-state index is 12.4. The molecule has 1 aromatic rings. The van der Waals surface area contributed by atoms with Gasteiger partial charge in [0.2, 0.25) is 0 Å². The quantitative estimate of drug-likeness (QED) is 0.345. The number of non-ortho nitro benzene ring substituents is 1. The minimum Gasteiger partial charge on any atom is -0.471 e. The number of nitrogen functional groups attached to an aromatic ring is 1. The Labute approximate surface area is 84.6 Å². The fraction of sp³-hybridized carbons (Fsp3) is 0.125. The fourth-order valence-electron chi connectivity index (χ4n) is 0.645. The van der Waals surface area contributed by atoms with Gasteiger partial charge < -0.3 is 10.5 Å². The number of carbonyl (C=O) groups is 1. The van der Waals surface area contributed by atoms with Crippen LogP contribution in [-0.2, 0) is 9.53 Å². The van der Waals surface area contributed by atoms with Gasteiger partial charge in [0.15, 0.2) is 0 Å². The molecule has 0 fully saturated rings. The molecule has 0 bridgehead atoms. The van der Waals surface area contributed by atoms with Gasteiger partial charge in [0.25, 0.3) is 12.2 Å². The van der Waals surface area contributed by atoms with E-state index in [4.69, 9.17) is 10.5 Å². The molecule has 1 rings (SSSR count). The van der Waals surface area contributed by atoms with E-state index in [1.165, 1.54) is 7.11 Å². The van der Waals surface area contributed by atoms with E-state index in [0.717, 1.165) is 18.2 Å². The molecule has 0 aromatic heterocycles. The lowest BCUT2D eigenvalue weighted by atomic mass is 10.3. The van der Waals surface area contributed by atoms with E-state index in [-0.39, 0.29) is 11.4 Å². The first-order valence-electron chi connectivity index (χ1n) is 3.68. The Balaban J connectivity index is 0.000000423. The Bertz CT molecular complexity index is 356. The summed E-state index contributed by atoms with van der Waals surface area (Å²) in [5.41, 5.74) is 4.67. The molecule has 0 aliphatic heterocycles. The Hall–Kier alpha value is -2.18. The average Bonchev–Trinajstić information content (AvgIpc) is 2.22. The number of halogens is 1. The molecule has 0 spiro atoms. The lowest BCUT2D eigenvalue weighted by Gasteiger charge is -1.94. The number of rotatable bonds is 2. The van der Waals surface area contributed by atoms with Crippen molar-refractivity contribution in [1.82, 2.24) is 0 Å². The van der Waals surface area contributed by atoms with E-state index in [1.807, 2.05) is 0 Å². The molecule has 0 radical (unpaired) electrons. The Morgan fingerprint density at radius 1 is 1.60 bits per heavy atom. The molecule has 0 saturated carbocycles. The van der Waals surface area contributed by atoms with Crippen LogP contribution in [0.2, 0.25) is 0 Å². The number of nitrogens with two attached hydrogens (primary N) is 1. The van der Waals surface area contributed by atoms with Gasteiger partial charge in [-0.2, -0.15) is 0 Å². The van der Waals surface area contributed by atoms with Crippen LogP contribution < -0.4 is 5.73 Å². The zero-order valence-corrected chi connectivity index (χ0v) is 7.84. The summed E-state index contributed by atoms with van der Waals surface area (Å²) in [5, 5.41) is 10.1. The molecule has 0 aliphatic carbocycles. The highest BCUT2D eigenvalue weighted by atomic mass is 19.1. The number of nitro benzene ring substituents is 1. The van der Waals surface area contributed by atoms with Crippen molar-refractivity contribution in [3.8, 4) is 0 Å². The molecule has 0 heterocycles. The van der Waals surface area contributed by atoms with Gasteiger partial charge in [-0.3, -0.25) is 14.9 Å². The van der Waals surface area contributed by atoms with Crippen LogP contribution in [0.25, 0.3) is 0 Å². The van der Waals surface area contributed by atoms with E-state index in [0.29, 0.717) is 6.47 Å². The van der Waals surface area contributed by atoms with Crippen LogP contribution in [0.3, 0.4) is 0 Å². The Morgan fingerprint density at radius 2 is 2.13 bits per heavy atom. The van der Waals surface area contributed by atoms with Gasteiger partial charge in [-0.15, -0.1) is 0 Å². The second kappa shape index (κ2) is 6.30. The highest BCUT2D eigenvalue weighted by molar-refractivity contribution is 5.48. The molecule has 0 unspecified atom stereocenters. The first kappa shape index (κ1) is 12.8. The van der Waals surface area contributed by atoms with Gasteiger partial charge in [0.05, 0.1) is 17.7 Å². The van der Waals surface area contributed by atoms with Crippen molar-refractivity contribution in [2.24, 2.45) is 0 Å². The van der Waals surface area contributed by atoms with Crippen molar-refractivity contribution >= 4 is 17.8 Å². The van der Waals surface area contributed by atoms with E-state index in [9.17, 15) is 14.5 Å². The topological polar surface area (TPSA) is 95.5 Å². The molecule has 6 nitrogen and oxygen atoms in total. The fourth-order valence-corrected chi connectivity index (χ4v) is 0.645. The minimum absolute atomic E-state index is 0.205. The van der Waals surface area contributed by atoms with Gasteiger partial charge >= 0.3 is 0 Å². The number of carbonyl (C=O) groups excluding carboxylic acids is 1. The Kier molecular flexibility index (Phi) is 5.38. The molecule has 0 amide bonds. The highest BCUT2D eigenvalue weighted by Crippen LogP contribution is 2.17. The molecule has 0 saturated heterocycles. The summed E-state index contributed by atoms with van der Waals surface area (Å²) in [6, 6.07) is 3.01. The van der Waals surface area contributed by atoms with Gasteiger partial charge in [-0.1, -0.05) is 0 Å². The minimum atomic E-state index is -0.643. The van der Waals surface area contributed by atoms with Crippen molar-refractivity contribution in [3.63, 3.8) is 0 Å². The van der Waals surface area contributed by atoms with E-state index in [1.54, 1.807) is 0 Å². The molecular weight excluding hydrogens is 207 g/mol. The van der Waals surface area contributed by atoms with Crippen LogP contribution in [0.15, 0.2) is 18.2 Å². The number of hydrogen-bond acceptors (Lipinski definition) is 5. The van der Waals surface area contributed by atoms with Crippen molar-refractivity contribution in [3.05, 3.63) is 34.1 Å². The van der Waals surface area contributed by atoms with Crippen LogP contribution in [0.5, 0.6) is 0 Å². The van der Waals surface area contributed by atoms with Crippen LogP contribution in [0, 0.1) is 15.9 Å². The number of anilines is 1. The third kappa shape index (κ3) is 4.55. The van der Waals surface area contributed by atoms with Crippen LogP contribution in [0.4, 0.5) is 15.8 Å². The van der Waals surface area contributed by atoms with Gasteiger partial charge in [-0.05, 0) is 6.07 Å². The zero-order chi connectivity index (χ0) is 11.8. The number of hydrogen-bond donors (Lipinski definition) is 1. The molecule has 0 aliphatic rings.